The molecule has 0 bridgehead atoms. The van der Waals surface area contributed by atoms with E-state index in [1.54, 1.807) is 0 Å². The first-order valence-corrected chi connectivity index (χ1v) is 6.56. The Morgan fingerprint density at radius 1 is 1.00 bits per heavy atom. The fourth-order valence-corrected chi connectivity index (χ4v) is 2.20. The van der Waals surface area contributed by atoms with E-state index in [9.17, 15) is 0 Å². The minimum atomic E-state index is 0.371. The molecule has 4 nitrogen and oxygen atoms in total. The van der Waals surface area contributed by atoms with Crippen LogP contribution in [0.2, 0.25) is 0 Å². The summed E-state index contributed by atoms with van der Waals surface area (Å²) in [5.74, 6) is 0. The summed E-state index contributed by atoms with van der Waals surface area (Å²) in [5, 5.41) is 8.45. The number of nitrogens with zero attached hydrogens (tertiary/aromatic N) is 3. The molecule has 1 heterocycles. The van der Waals surface area contributed by atoms with Crippen LogP contribution < -0.4 is 5.73 Å². The van der Waals surface area contributed by atoms with Gasteiger partial charge in [0.25, 0.3) is 0 Å². The second kappa shape index (κ2) is 5.27. The maximum atomic E-state index is 5.79. The molecule has 1 aromatic heterocycles. The second-order valence-corrected chi connectivity index (χ2v) is 4.70. The summed E-state index contributed by atoms with van der Waals surface area (Å²) >= 11 is 0. The first kappa shape index (κ1) is 12.6. The summed E-state index contributed by atoms with van der Waals surface area (Å²) in [6, 6.07) is 18.3. The molecule has 0 atom stereocenters. The molecule has 2 N–H and O–H groups in total. The third-order valence-corrected chi connectivity index (χ3v) is 3.26. The topological polar surface area (TPSA) is 56.7 Å². The average molecular weight is 264 g/mol. The fraction of sp³-hybridized carbons (Fsp3) is 0.125. The minimum absolute atomic E-state index is 0.371. The number of nitrogens with two attached hydrogens (primary N) is 1. The zero-order valence-electron chi connectivity index (χ0n) is 11.3. The Balaban J connectivity index is 2.17. The Morgan fingerprint density at radius 3 is 2.35 bits per heavy atom. The summed E-state index contributed by atoms with van der Waals surface area (Å²) in [6.45, 7) is 2.44. The highest BCUT2D eigenvalue weighted by atomic mass is 15.4. The van der Waals surface area contributed by atoms with Crippen molar-refractivity contribution < 1.29 is 0 Å². The van der Waals surface area contributed by atoms with E-state index in [0.29, 0.717) is 6.54 Å². The van der Waals surface area contributed by atoms with Gasteiger partial charge in [0.2, 0.25) is 0 Å². The van der Waals surface area contributed by atoms with Crippen molar-refractivity contribution in [1.29, 1.82) is 0 Å². The largest absolute Gasteiger partial charge is 0.325 e. The Morgan fingerprint density at radius 2 is 1.70 bits per heavy atom. The van der Waals surface area contributed by atoms with Crippen molar-refractivity contribution in [3.63, 3.8) is 0 Å². The van der Waals surface area contributed by atoms with Gasteiger partial charge >= 0.3 is 0 Å². The smallest absolute Gasteiger partial charge is 0.105 e. The molecule has 100 valence electrons. The Kier molecular flexibility index (Phi) is 3.31. The van der Waals surface area contributed by atoms with Gasteiger partial charge in [-0.3, -0.25) is 0 Å². The number of rotatable bonds is 3. The standard InChI is InChI=1S/C16H16N4/c1-12-7-9-14(10-8-12)20-16(15(11-17)18-19-20)13-5-3-2-4-6-13/h2-10H,11,17H2,1H3. The summed E-state index contributed by atoms with van der Waals surface area (Å²) in [6.07, 6.45) is 0. The Labute approximate surface area is 117 Å². The molecule has 2 aromatic carbocycles. The van der Waals surface area contributed by atoms with Crippen molar-refractivity contribution >= 4 is 0 Å². The lowest BCUT2D eigenvalue weighted by atomic mass is 10.1. The van der Waals surface area contributed by atoms with Gasteiger partial charge in [-0.25, -0.2) is 4.68 Å². The highest BCUT2D eigenvalue weighted by molar-refractivity contribution is 5.64. The third kappa shape index (κ3) is 2.21. The number of hydrogen-bond acceptors (Lipinski definition) is 3. The van der Waals surface area contributed by atoms with E-state index >= 15 is 0 Å². The predicted octanol–water partition coefficient (Wildman–Crippen LogP) is 2.70. The maximum Gasteiger partial charge on any atom is 0.105 e. The van der Waals surface area contributed by atoms with Crippen molar-refractivity contribution in [3.8, 4) is 16.9 Å². The van der Waals surface area contributed by atoms with Crippen LogP contribution in [-0.2, 0) is 6.54 Å². The summed E-state index contributed by atoms with van der Waals surface area (Å²) < 4.78 is 1.84. The van der Waals surface area contributed by atoms with E-state index in [-0.39, 0.29) is 0 Å². The van der Waals surface area contributed by atoms with Crippen LogP contribution in [0, 0.1) is 6.92 Å². The number of aromatic nitrogens is 3. The first-order valence-electron chi connectivity index (χ1n) is 6.56. The summed E-state index contributed by atoms with van der Waals surface area (Å²) in [4.78, 5) is 0. The van der Waals surface area contributed by atoms with Gasteiger partial charge in [-0.15, -0.1) is 5.10 Å². The highest BCUT2D eigenvalue weighted by Crippen LogP contribution is 2.24. The van der Waals surface area contributed by atoms with Crippen molar-refractivity contribution in [2.45, 2.75) is 13.5 Å². The first-order chi connectivity index (χ1) is 9.79. The average Bonchev–Trinajstić information content (AvgIpc) is 2.93. The Bertz CT molecular complexity index is 699. The van der Waals surface area contributed by atoms with Gasteiger partial charge in [-0.2, -0.15) is 0 Å². The van der Waals surface area contributed by atoms with Crippen LogP contribution in [0.15, 0.2) is 54.6 Å². The molecular weight excluding hydrogens is 248 g/mol. The number of aryl methyl sites for hydroxylation is 1. The van der Waals surface area contributed by atoms with Crippen LogP contribution in [0.3, 0.4) is 0 Å². The van der Waals surface area contributed by atoms with E-state index in [1.165, 1.54) is 5.56 Å². The molecule has 4 heteroatoms. The minimum Gasteiger partial charge on any atom is -0.325 e. The molecule has 0 fully saturated rings. The van der Waals surface area contributed by atoms with E-state index in [1.807, 2.05) is 47.1 Å². The third-order valence-electron chi connectivity index (χ3n) is 3.26. The molecule has 20 heavy (non-hydrogen) atoms. The van der Waals surface area contributed by atoms with Gasteiger partial charge in [-0.1, -0.05) is 53.2 Å². The molecule has 0 spiro atoms. The molecular formula is C16H16N4. The van der Waals surface area contributed by atoms with Crippen LogP contribution in [0.5, 0.6) is 0 Å². The highest BCUT2D eigenvalue weighted by Gasteiger charge is 2.14. The van der Waals surface area contributed by atoms with Gasteiger partial charge in [-0.05, 0) is 19.1 Å². The molecule has 0 aliphatic rings. The molecule has 0 saturated carbocycles. The zero-order valence-corrected chi connectivity index (χ0v) is 11.3. The number of benzene rings is 2. The molecule has 0 unspecified atom stereocenters. The lowest BCUT2D eigenvalue weighted by Crippen LogP contribution is -2.02. The van der Waals surface area contributed by atoms with Crippen molar-refractivity contribution in [1.82, 2.24) is 15.0 Å². The van der Waals surface area contributed by atoms with Gasteiger partial charge in [0.05, 0.1) is 11.4 Å². The van der Waals surface area contributed by atoms with Crippen LogP contribution in [0.1, 0.15) is 11.3 Å². The predicted molar refractivity (Wildman–Crippen MR) is 79.4 cm³/mol. The molecule has 0 aliphatic heterocycles. The second-order valence-electron chi connectivity index (χ2n) is 4.70. The molecule has 3 aromatic rings. The van der Waals surface area contributed by atoms with E-state index in [0.717, 1.165) is 22.6 Å². The Hall–Kier alpha value is -2.46. The zero-order chi connectivity index (χ0) is 13.9. The van der Waals surface area contributed by atoms with Gasteiger partial charge in [0.15, 0.2) is 0 Å². The van der Waals surface area contributed by atoms with Gasteiger partial charge < -0.3 is 5.73 Å². The molecule has 0 saturated heterocycles. The van der Waals surface area contributed by atoms with Gasteiger partial charge in [0, 0.05) is 12.1 Å². The van der Waals surface area contributed by atoms with Crippen LogP contribution in [0.25, 0.3) is 16.9 Å². The maximum absolute atomic E-state index is 5.79. The molecule has 0 radical (unpaired) electrons. The quantitative estimate of drug-likeness (QED) is 0.791. The van der Waals surface area contributed by atoms with E-state index < -0.39 is 0 Å². The van der Waals surface area contributed by atoms with Crippen molar-refractivity contribution in [2.75, 3.05) is 0 Å². The molecule has 3 rings (SSSR count). The lowest BCUT2D eigenvalue weighted by molar-refractivity contribution is 0.799. The molecule has 0 aliphatic carbocycles. The fourth-order valence-electron chi connectivity index (χ4n) is 2.20. The lowest BCUT2D eigenvalue weighted by Gasteiger charge is -2.08. The SMILES string of the molecule is Cc1ccc(-n2nnc(CN)c2-c2ccccc2)cc1. The van der Waals surface area contributed by atoms with Crippen LogP contribution >= 0.6 is 0 Å². The monoisotopic (exact) mass is 264 g/mol. The van der Waals surface area contributed by atoms with Crippen molar-refractivity contribution in [3.05, 3.63) is 65.9 Å². The molecule has 0 amide bonds. The normalized spacial score (nSPS) is 10.7. The summed E-state index contributed by atoms with van der Waals surface area (Å²) in [5.41, 5.74) is 10.8. The van der Waals surface area contributed by atoms with Crippen LogP contribution in [-0.4, -0.2) is 15.0 Å². The van der Waals surface area contributed by atoms with Crippen molar-refractivity contribution in [2.24, 2.45) is 5.73 Å². The van der Waals surface area contributed by atoms with Crippen LogP contribution in [0.4, 0.5) is 0 Å². The van der Waals surface area contributed by atoms with E-state index in [4.69, 9.17) is 5.73 Å². The number of hydrogen-bond donors (Lipinski definition) is 1. The summed E-state index contributed by atoms with van der Waals surface area (Å²) in [7, 11) is 0. The van der Waals surface area contributed by atoms with E-state index in [2.05, 4.69) is 29.4 Å². The van der Waals surface area contributed by atoms with Gasteiger partial charge in [0.1, 0.15) is 5.69 Å².